The maximum atomic E-state index is 12.5. The number of rotatable bonds is 4. The predicted octanol–water partition coefficient (Wildman–Crippen LogP) is 2.32. The summed E-state index contributed by atoms with van der Waals surface area (Å²) in [4.78, 5) is 14.5. The fourth-order valence-electron chi connectivity index (χ4n) is 3.29. The van der Waals surface area contributed by atoms with Crippen LogP contribution in [0, 0.1) is 5.41 Å². The lowest BCUT2D eigenvalue weighted by molar-refractivity contribution is -0.130. The summed E-state index contributed by atoms with van der Waals surface area (Å²) in [5.41, 5.74) is 1.43. The minimum Gasteiger partial charge on any atom is -0.341 e. The molecule has 1 atom stereocenters. The summed E-state index contributed by atoms with van der Waals surface area (Å²) in [5.74, 6) is 0.604. The Morgan fingerprint density at radius 2 is 1.91 bits per heavy atom. The van der Waals surface area contributed by atoms with Gasteiger partial charge in [-0.3, -0.25) is 4.79 Å². The predicted molar refractivity (Wildman–Crippen MR) is 84.2 cm³/mol. The molecule has 0 saturated carbocycles. The van der Waals surface area contributed by atoms with E-state index < -0.39 is 0 Å². The van der Waals surface area contributed by atoms with Gasteiger partial charge in [-0.05, 0) is 11.0 Å². The third-order valence-corrected chi connectivity index (χ3v) is 4.55. The van der Waals surface area contributed by atoms with Crippen LogP contribution in [0.1, 0.15) is 31.7 Å². The number of benzene rings is 1. The summed E-state index contributed by atoms with van der Waals surface area (Å²) in [5, 5.41) is 7.52. The average molecular weight is 298 g/mol. The number of amides is 1. The van der Waals surface area contributed by atoms with Gasteiger partial charge in [0.2, 0.25) is 5.91 Å². The van der Waals surface area contributed by atoms with E-state index in [9.17, 15) is 4.79 Å². The van der Waals surface area contributed by atoms with Crippen LogP contribution in [0.5, 0.6) is 0 Å². The summed E-state index contributed by atoms with van der Waals surface area (Å²) < 4.78 is 1.84. The topological polar surface area (TPSA) is 51.0 Å². The van der Waals surface area contributed by atoms with Crippen molar-refractivity contribution in [1.82, 2.24) is 19.7 Å². The van der Waals surface area contributed by atoms with Crippen LogP contribution < -0.4 is 0 Å². The van der Waals surface area contributed by atoms with E-state index in [0.29, 0.717) is 18.9 Å². The smallest absolute Gasteiger partial charge is 0.224 e. The van der Waals surface area contributed by atoms with Gasteiger partial charge in [0.15, 0.2) is 0 Å². The molecule has 0 aliphatic carbocycles. The maximum Gasteiger partial charge on any atom is 0.224 e. The Kier molecular flexibility index (Phi) is 3.96. The van der Waals surface area contributed by atoms with Crippen LogP contribution >= 0.6 is 0 Å². The van der Waals surface area contributed by atoms with Gasteiger partial charge in [-0.1, -0.05) is 44.2 Å². The second-order valence-electron chi connectivity index (χ2n) is 6.68. The largest absolute Gasteiger partial charge is 0.341 e. The number of carbonyl (C=O) groups excluding carboxylic acids is 1. The lowest BCUT2D eigenvalue weighted by atomic mass is 9.78. The van der Waals surface area contributed by atoms with Crippen molar-refractivity contribution < 1.29 is 4.79 Å². The summed E-state index contributed by atoms with van der Waals surface area (Å²) in [6, 6.07) is 10.5. The van der Waals surface area contributed by atoms with Crippen molar-refractivity contribution in [3.63, 3.8) is 0 Å². The molecule has 1 aliphatic rings. The first kappa shape index (κ1) is 14.8. The van der Waals surface area contributed by atoms with Gasteiger partial charge in [0.05, 0.1) is 0 Å². The Balaban J connectivity index is 1.65. The zero-order chi connectivity index (χ0) is 15.6. The third kappa shape index (κ3) is 3.03. The molecule has 0 N–H and O–H groups in total. The van der Waals surface area contributed by atoms with Gasteiger partial charge in [0.1, 0.15) is 12.7 Å². The second-order valence-corrected chi connectivity index (χ2v) is 6.68. The molecule has 0 spiro atoms. The standard InChI is InChI=1S/C17H22N4O/c1-17(2)11-21(10-15(17)14-6-4-3-5-7-14)16(22)8-9-20-12-18-19-13-20/h3-7,12-13,15H,8-11H2,1-2H3. The van der Waals surface area contributed by atoms with Crippen LogP contribution in [0.3, 0.4) is 0 Å². The molecule has 3 rings (SSSR count). The normalized spacial score (nSPS) is 20.3. The lowest BCUT2D eigenvalue weighted by Gasteiger charge is -2.25. The minimum absolute atomic E-state index is 0.105. The molecule has 2 aromatic rings. The SMILES string of the molecule is CC1(C)CN(C(=O)CCn2cnnc2)CC1c1ccccc1. The molecule has 1 fully saturated rings. The number of aryl methyl sites for hydroxylation is 1. The van der Waals surface area contributed by atoms with Crippen molar-refractivity contribution in [2.75, 3.05) is 13.1 Å². The first-order chi connectivity index (χ1) is 10.6. The molecule has 1 unspecified atom stereocenters. The molecule has 22 heavy (non-hydrogen) atoms. The van der Waals surface area contributed by atoms with Gasteiger partial charge in [-0.25, -0.2) is 0 Å². The summed E-state index contributed by atoms with van der Waals surface area (Å²) in [7, 11) is 0. The van der Waals surface area contributed by atoms with Crippen molar-refractivity contribution >= 4 is 5.91 Å². The number of carbonyl (C=O) groups is 1. The highest BCUT2D eigenvalue weighted by molar-refractivity contribution is 5.76. The van der Waals surface area contributed by atoms with Gasteiger partial charge in [0, 0.05) is 32.0 Å². The summed E-state index contributed by atoms with van der Waals surface area (Å²) in [6.45, 7) is 6.75. The van der Waals surface area contributed by atoms with Crippen molar-refractivity contribution in [2.24, 2.45) is 5.41 Å². The molecule has 5 heteroatoms. The second kappa shape index (κ2) is 5.91. The van der Waals surface area contributed by atoms with Crippen LogP contribution in [-0.4, -0.2) is 38.7 Å². The van der Waals surface area contributed by atoms with Crippen LogP contribution in [0.4, 0.5) is 0 Å². The van der Waals surface area contributed by atoms with E-state index >= 15 is 0 Å². The molecule has 0 radical (unpaired) electrons. The number of hydrogen-bond acceptors (Lipinski definition) is 3. The quantitative estimate of drug-likeness (QED) is 0.870. The molecule has 1 saturated heterocycles. The molecule has 1 aliphatic heterocycles. The van der Waals surface area contributed by atoms with Gasteiger partial charge in [-0.15, -0.1) is 10.2 Å². The summed E-state index contributed by atoms with van der Waals surface area (Å²) in [6.07, 6.45) is 3.79. The lowest BCUT2D eigenvalue weighted by Crippen LogP contribution is -2.30. The maximum absolute atomic E-state index is 12.5. The van der Waals surface area contributed by atoms with E-state index in [1.54, 1.807) is 12.7 Å². The number of nitrogens with zero attached hydrogens (tertiary/aromatic N) is 4. The molecule has 116 valence electrons. The van der Waals surface area contributed by atoms with Crippen LogP contribution in [-0.2, 0) is 11.3 Å². The first-order valence-corrected chi connectivity index (χ1v) is 7.71. The van der Waals surface area contributed by atoms with Crippen molar-refractivity contribution in [2.45, 2.75) is 32.7 Å². The molecular weight excluding hydrogens is 276 g/mol. The van der Waals surface area contributed by atoms with E-state index in [2.05, 4.69) is 48.3 Å². The van der Waals surface area contributed by atoms with Crippen LogP contribution in [0.2, 0.25) is 0 Å². The van der Waals surface area contributed by atoms with E-state index in [0.717, 1.165) is 13.1 Å². The molecule has 1 aromatic heterocycles. The Hall–Kier alpha value is -2.17. The van der Waals surface area contributed by atoms with Crippen molar-refractivity contribution in [3.05, 3.63) is 48.5 Å². The fourth-order valence-corrected chi connectivity index (χ4v) is 3.29. The fraction of sp³-hybridized carbons (Fsp3) is 0.471. The van der Waals surface area contributed by atoms with Crippen LogP contribution in [0.25, 0.3) is 0 Å². The zero-order valence-corrected chi connectivity index (χ0v) is 13.1. The van der Waals surface area contributed by atoms with Gasteiger partial charge >= 0.3 is 0 Å². The Labute approximate surface area is 131 Å². The average Bonchev–Trinajstić information content (AvgIpc) is 3.13. The number of likely N-dealkylation sites (tertiary alicyclic amines) is 1. The van der Waals surface area contributed by atoms with Crippen LogP contribution in [0.15, 0.2) is 43.0 Å². The molecular formula is C17H22N4O. The number of aromatic nitrogens is 3. The van der Waals surface area contributed by atoms with E-state index in [4.69, 9.17) is 0 Å². The van der Waals surface area contributed by atoms with Gasteiger partial charge < -0.3 is 9.47 Å². The Morgan fingerprint density at radius 3 is 2.59 bits per heavy atom. The highest BCUT2D eigenvalue weighted by Crippen LogP contribution is 2.42. The molecule has 0 bridgehead atoms. The Bertz CT molecular complexity index is 621. The third-order valence-electron chi connectivity index (χ3n) is 4.55. The summed E-state index contributed by atoms with van der Waals surface area (Å²) >= 11 is 0. The van der Waals surface area contributed by atoms with Crippen molar-refractivity contribution in [1.29, 1.82) is 0 Å². The molecule has 1 aromatic carbocycles. The molecule has 2 heterocycles. The van der Waals surface area contributed by atoms with Gasteiger partial charge in [0.25, 0.3) is 0 Å². The minimum atomic E-state index is 0.105. The van der Waals surface area contributed by atoms with E-state index in [1.165, 1.54) is 5.56 Å². The Morgan fingerprint density at radius 1 is 1.23 bits per heavy atom. The first-order valence-electron chi connectivity index (χ1n) is 7.71. The van der Waals surface area contributed by atoms with Gasteiger partial charge in [-0.2, -0.15) is 0 Å². The highest BCUT2D eigenvalue weighted by Gasteiger charge is 2.41. The van der Waals surface area contributed by atoms with E-state index in [-0.39, 0.29) is 11.3 Å². The number of hydrogen-bond donors (Lipinski definition) is 0. The van der Waals surface area contributed by atoms with Crippen molar-refractivity contribution in [3.8, 4) is 0 Å². The highest BCUT2D eigenvalue weighted by atomic mass is 16.2. The molecule has 1 amide bonds. The van der Waals surface area contributed by atoms with E-state index in [1.807, 2.05) is 15.5 Å². The zero-order valence-electron chi connectivity index (χ0n) is 13.1. The monoisotopic (exact) mass is 298 g/mol. The molecule has 5 nitrogen and oxygen atoms in total.